The lowest BCUT2D eigenvalue weighted by Crippen LogP contribution is -2.05. The van der Waals surface area contributed by atoms with E-state index in [1.807, 2.05) is 0 Å². The van der Waals surface area contributed by atoms with E-state index in [1.165, 1.54) is 13.2 Å². The summed E-state index contributed by atoms with van der Waals surface area (Å²) in [4.78, 5) is 4.65. The Bertz CT molecular complexity index is 456. The fourth-order valence-corrected chi connectivity index (χ4v) is 2.17. The number of sulfone groups is 1. The summed E-state index contributed by atoms with van der Waals surface area (Å²) in [5.74, 6) is 5.26. The number of ether oxygens (including phenoxy) is 1. The molecule has 5 nitrogen and oxygen atoms in total. The SMILES string of the molecule is COc1cc(CCON)ccc1S(C)(=O)=O. The maximum Gasteiger partial charge on any atom is 0.179 e. The fourth-order valence-electron chi connectivity index (χ4n) is 1.35. The monoisotopic (exact) mass is 245 g/mol. The lowest BCUT2D eigenvalue weighted by Gasteiger charge is -2.08. The van der Waals surface area contributed by atoms with Crippen molar-refractivity contribution in [3.8, 4) is 5.75 Å². The van der Waals surface area contributed by atoms with Crippen LogP contribution in [-0.2, 0) is 21.1 Å². The quantitative estimate of drug-likeness (QED) is 0.766. The van der Waals surface area contributed by atoms with Crippen LogP contribution >= 0.6 is 0 Å². The van der Waals surface area contributed by atoms with Crippen molar-refractivity contribution in [1.29, 1.82) is 0 Å². The summed E-state index contributed by atoms with van der Waals surface area (Å²) in [5, 5.41) is 0. The molecule has 0 spiro atoms. The zero-order valence-corrected chi connectivity index (χ0v) is 10.1. The number of benzene rings is 1. The Hall–Kier alpha value is -1.11. The maximum absolute atomic E-state index is 11.4. The minimum absolute atomic E-state index is 0.187. The van der Waals surface area contributed by atoms with E-state index in [2.05, 4.69) is 4.84 Å². The molecule has 6 heteroatoms. The van der Waals surface area contributed by atoms with E-state index < -0.39 is 9.84 Å². The Morgan fingerprint density at radius 1 is 1.38 bits per heavy atom. The molecule has 2 N–H and O–H groups in total. The molecule has 0 unspecified atom stereocenters. The Kier molecular flexibility index (Phi) is 4.28. The molecule has 0 aliphatic heterocycles. The first kappa shape index (κ1) is 13.0. The molecule has 1 aromatic rings. The van der Waals surface area contributed by atoms with Crippen LogP contribution < -0.4 is 10.6 Å². The van der Waals surface area contributed by atoms with Crippen molar-refractivity contribution in [2.24, 2.45) is 5.90 Å². The van der Waals surface area contributed by atoms with Gasteiger partial charge in [0.25, 0.3) is 0 Å². The van der Waals surface area contributed by atoms with Gasteiger partial charge in [0.2, 0.25) is 0 Å². The first-order valence-corrected chi connectivity index (χ1v) is 6.57. The van der Waals surface area contributed by atoms with Gasteiger partial charge in [-0.3, -0.25) is 0 Å². The molecule has 0 radical (unpaired) electrons. The summed E-state index contributed by atoms with van der Waals surface area (Å²) in [7, 11) is -1.83. The van der Waals surface area contributed by atoms with Crippen LogP contribution in [0.2, 0.25) is 0 Å². The van der Waals surface area contributed by atoms with Gasteiger partial charge in [0.1, 0.15) is 10.6 Å². The van der Waals surface area contributed by atoms with Crippen LogP contribution in [0.1, 0.15) is 5.56 Å². The third-order valence-electron chi connectivity index (χ3n) is 2.14. The number of methoxy groups -OCH3 is 1. The van der Waals surface area contributed by atoms with E-state index in [-0.39, 0.29) is 4.90 Å². The zero-order chi connectivity index (χ0) is 12.2. The molecule has 0 bridgehead atoms. The highest BCUT2D eigenvalue weighted by molar-refractivity contribution is 7.90. The molecule has 0 amide bonds. The Balaban J connectivity index is 3.07. The largest absolute Gasteiger partial charge is 0.495 e. The normalized spacial score (nSPS) is 11.4. The molecule has 0 fully saturated rings. The second-order valence-electron chi connectivity index (χ2n) is 3.38. The molecule has 1 rings (SSSR count). The highest BCUT2D eigenvalue weighted by Gasteiger charge is 2.14. The number of hydrogen-bond donors (Lipinski definition) is 1. The van der Waals surface area contributed by atoms with Crippen molar-refractivity contribution in [3.63, 3.8) is 0 Å². The summed E-state index contributed by atoms with van der Waals surface area (Å²) < 4.78 is 27.9. The fraction of sp³-hybridized carbons (Fsp3) is 0.400. The van der Waals surface area contributed by atoms with Crippen LogP contribution in [0, 0.1) is 0 Å². The third kappa shape index (κ3) is 3.19. The van der Waals surface area contributed by atoms with Crippen LogP contribution in [0.25, 0.3) is 0 Å². The molecule has 16 heavy (non-hydrogen) atoms. The zero-order valence-electron chi connectivity index (χ0n) is 9.26. The van der Waals surface area contributed by atoms with Gasteiger partial charge in [-0.1, -0.05) is 6.07 Å². The molecule has 0 heterocycles. The number of rotatable bonds is 5. The van der Waals surface area contributed by atoms with Crippen LogP contribution in [0.5, 0.6) is 5.75 Å². The Labute approximate surface area is 95.0 Å². The number of nitrogens with two attached hydrogens (primary N) is 1. The first-order valence-electron chi connectivity index (χ1n) is 4.67. The van der Waals surface area contributed by atoms with Gasteiger partial charge < -0.3 is 9.57 Å². The van der Waals surface area contributed by atoms with Gasteiger partial charge >= 0.3 is 0 Å². The van der Waals surface area contributed by atoms with Gasteiger partial charge in [0.05, 0.1) is 13.7 Å². The van der Waals surface area contributed by atoms with Gasteiger partial charge in [-0.25, -0.2) is 14.3 Å². The average molecular weight is 245 g/mol. The van der Waals surface area contributed by atoms with Gasteiger partial charge in [0, 0.05) is 6.26 Å². The van der Waals surface area contributed by atoms with Gasteiger partial charge in [0.15, 0.2) is 9.84 Å². The van der Waals surface area contributed by atoms with E-state index in [1.54, 1.807) is 12.1 Å². The van der Waals surface area contributed by atoms with Crippen molar-refractivity contribution in [2.45, 2.75) is 11.3 Å². The highest BCUT2D eigenvalue weighted by atomic mass is 32.2. The van der Waals surface area contributed by atoms with Crippen molar-refractivity contribution >= 4 is 9.84 Å². The topological polar surface area (TPSA) is 78.6 Å². The van der Waals surface area contributed by atoms with E-state index in [0.29, 0.717) is 18.8 Å². The van der Waals surface area contributed by atoms with Gasteiger partial charge in [-0.05, 0) is 24.1 Å². The Morgan fingerprint density at radius 3 is 2.56 bits per heavy atom. The number of hydrogen-bond acceptors (Lipinski definition) is 5. The second kappa shape index (κ2) is 5.29. The van der Waals surface area contributed by atoms with E-state index in [9.17, 15) is 8.42 Å². The average Bonchev–Trinajstić information content (AvgIpc) is 2.24. The van der Waals surface area contributed by atoms with Gasteiger partial charge in [-0.2, -0.15) is 0 Å². The van der Waals surface area contributed by atoms with Crippen LogP contribution in [0.4, 0.5) is 0 Å². The van der Waals surface area contributed by atoms with Crippen LogP contribution in [-0.4, -0.2) is 28.4 Å². The molecular formula is C10H15NO4S. The molecule has 90 valence electrons. The lowest BCUT2D eigenvalue weighted by molar-refractivity contribution is 0.141. The van der Waals surface area contributed by atoms with Crippen molar-refractivity contribution in [3.05, 3.63) is 23.8 Å². The Morgan fingerprint density at radius 2 is 2.06 bits per heavy atom. The summed E-state index contributed by atoms with van der Waals surface area (Å²) in [6.07, 6.45) is 1.75. The molecule has 0 saturated heterocycles. The van der Waals surface area contributed by atoms with Crippen molar-refractivity contribution in [2.75, 3.05) is 20.0 Å². The van der Waals surface area contributed by atoms with Crippen LogP contribution in [0.15, 0.2) is 23.1 Å². The van der Waals surface area contributed by atoms with Crippen molar-refractivity contribution < 1.29 is 18.0 Å². The minimum atomic E-state index is -3.26. The second-order valence-corrected chi connectivity index (χ2v) is 5.36. The van der Waals surface area contributed by atoms with E-state index >= 15 is 0 Å². The van der Waals surface area contributed by atoms with E-state index in [4.69, 9.17) is 10.6 Å². The predicted molar refractivity (Wildman–Crippen MR) is 59.9 cm³/mol. The standard InChI is InChI=1S/C10H15NO4S/c1-14-9-7-8(5-6-15-11)3-4-10(9)16(2,12)13/h3-4,7H,5-6,11H2,1-2H3. The molecule has 0 aromatic heterocycles. The minimum Gasteiger partial charge on any atom is -0.495 e. The van der Waals surface area contributed by atoms with Crippen LogP contribution in [0.3, 0.4) is 0 Å². The summed E-state index contributed by atoms with van der Waals surface area (Å²) in [6, 6.07) is 4.92. The maximum atomic E-state index is 11.4. The third-order valence-corrected chi connectivity index (χ3v) is 3.27. The lowest BCUT2D eigenvalue weighted by atomic mass is 10.1. The molecule has 0 aliphatic rings. The smallest absolute Gasteiger partial charge is 0.179 e. The summed E-state index contributed by atoms with van der Waals surface area (Å²) in [6.45, 7) is 0.376. The highest BCUT2D eigenvalue weighted by Crippen LogP contribution is 2.24. The van der Waals surface area contributed by atoms with Gasteiger partial charge in [-0.15, -0.1) is 0 Å². The molecular weight excluding hydrogens is 230 g/mol. The molecule has 0 aliphatic carbocycles. The van der Waals surface area contributed by atoms with Crippen molar-refractivity contribution in [1.82, 2.24) is 0 Å². The predicted octanol–water partition coefficient (Wildman–Crippen LogP) is 0.532. The summed E-state index contributed by atoms with van der Waals surface area (Å²) >= 11 is 0. The summed E-state index contributed by atoms with van der Waals surface area (Å²) in [5.41, 5.74) is 0.912. The molecule has 0 saturated carbocycles. The molecule has 1 aromatic carbocycles. The molecule has 0 atom stereocenters. The van der Waals surface area contributed by atoms with E-state index in [0.717, 1.165) is 11.8 Å². The first-order chi connectivity index (χ1) is 7.49.